The largest absolute Gasteiger partial charge is 0.285 e. The summed E-state index contributed by atoms with van der Waals surface area (Å²) in [5.41, 5.74) is 0. The van der Waals surface area contributed by atoms with Gasteiger partial charge < -0.3 is 0 Å². The van der Waals surface area contributed by atoms with Crippen molar-refractivity contribution in [2.75, 3.05) is 17.2 Å². The molecule has 6 nitrogen and oxygen atoms in total. The standard InChI is InChI=1S/C9H12ClN3O3S3/c1-2-3-17-9-12-11-8(18-9)13-5-6(4-7(13)14)19(10,15)16/h6H,2-5H2,1H3. The molecule has 2 rings (SSSR count). The summed E-state index contributed by atoms with van der Waals surface area (Å²) >= 11 is 2.86. The fourth-order valence-electron chi connectivity index (χ4n) is 1.61. The number of hydrogen-bond acceptors (Lipinski definition) is 7. The molecule has 2 heterocycles. The first kappa shape index (κ1) is 15.0. The van der Waals surface area contributed by atoms with E-state index in [0.717, 1.165) is 16.5 Å². The molecule has 1 unspecified atom stereocenters. The Morgan fingerprint density at radius 3 is 2.84 bits per heavy atom. The van der Waals surface area contributed by atoms with Gasteiger partial charge in [0.1, 0.15) is 5.25 Å². The third kappa shape index (κ3) is 3.59. The van der Waals surface area contributed by atoms with E-state index in [2.05, 4.69) is 17.1 Å². The average molecular weight is 342 g/mol. The van der Waals surface area contributed by atoms with Crippen LogP contribution < -0.4 is 4.90 Å². The van der Waals surface area contributed by atoms with Gasteiger partial charge in [0.15, 0.2) is 4.34 Å². The summed E-state index contributed by atoms with van der Waals surface area (Å²) in [6, 6.07) is 0. The summed E-state index contributed by atoms with van der Waals surface area (Å²) in [6.45, 7) is 2.12. The van der Waals surface area contributed by atoms with E-state index in [-0.39, 0.29) is 18.9 Å². The van der Waals surface area contributed by atoms with Gasteiger partial charge in [0.05, 0.1) is 0 Å². The van der Waals surface area contributed by atoms with Crippen molar-refractivity contribution >= 4 is 53.9 Å². The van der Waals surface area contributed by atoms with Crippen molar-refractivity contribution in [2.45, 2.75) is 29.4 Å². The van der Waals surface area contributed by atoms with Crippen LogP contribution in [0.2, 0.25) is 0 Å². The molecule has 0 aliphatic carbocycles. The third-order valence-electron chi connectivity index (χ3n) is 2.54. The molecule has 0 N–H and O–H groups in total. The zero-order valence-electron chi connectivity index (χ0n) is 10.1. The smallest absolute Gasteiger partial charge is 0.237 e. The quantitative estimate of drug-likeness (QED) is 0.461. The minimum absolute atomic E-state index is 0.0533. The summed E-state index contributed by atoms with van der Waals surface area (Å²) in [7, 11) is 1.57. The van der Waals surface area contributed by atoms with Gasteiger partial charge in [-0.1, -0.05) is 30.0 Å². The first-order valence-electron chi connectivity index (χ1n) is 5.62. The van der Waals surface area contributed by atoms with Crippen LogP contribution in [0.1, 0.15) is 19.8 Å². The van der Waals surface area contributed by atoms with Gasteiger partial charge in [-0.25, -0.2) is 8.42 Å². The van der Waals surface area contributed by atoms with E-state index in [1.165, 1.54) is 16.2 Å². The SMILES string of the molecule is CCCSc1nnc(N2CC(S(=O)(=O)Cl)CC2=O)s1. The molecule has 0 saturated carbocycles. The second kappa shape index (κ2) is 5.94. The van der Waals surface area contributed by atoms with Crippen molar-refractivity contribution in [3.05, 3.63) is 0 Å². The lowest BCUT2D eigenvalue weighted by Crippen LogP contribution is -2.26. The van der Waals surface area contributed by atoms with E-state index in [4.69, 9.17) is 10.7 Å². The van der Waals surface area contributed by atoms with Gasteiger partial charge in [-0.2, -0.15) is 0 Å². The number of thioether (sulfide) groups is 1. The average Bonchev–Trinajstić information content (AvgIpc) is 2.91. The van der Waals surface area contributed by atoms with E-state index in [1.807, 2.05) is 0 Å². The predicted molar refractivity (Wildman–Crippen MR) is 76.5 cm³/mol. The number of carbonyl (C=O) groups excluding carboxylic acids is 1. The number of carbonyl (C=O) groups is 1. The number of amides is 1. The molecule has 10 heteroatoms. The van der Waals surface area contributed by atoms with E-state index in [9.17, 15) is 13.2 Å². The van der Waals surface area contributed by atoms with Gasteiger partial charge >= 0.3 is 0 Å². The zero-order chi connectivity index (χ0) is 14.0. The number of anilines is 1. The normalized spacial score (nSPS) is 20.2. The number of aromatic nitrogens is 2. The molecular formula is C9H12ClN3O3S3. The highest BCUT2D eigenvalue weighted by molar-refractivity contribution is 8.14. The topological polar surface area (TPSA) is 80.2 Å². The van der Waals surface area contributed by atoms with Gasteiger partial charge in [-0.3, -0.25) is 9.69 Å². The van der Waals surface area contributed by atoms with Crippen LogP contribution >= 0.6 is 33.8 Å². The molecule has 1 fully saturated rings. The van der Waals surface area contributed by atoms with Crippen molar-refractivity contribution in [1.82, 2.24) is 10.2 Å². The highest BCUT2D eigenvalue weighted by atomic mass is 35.7. The van der Waals surface area contributed by atoms with Crippen LogP contribution in [0, 0.1) is 0 Å². The van der Waals surface area contributed by atoms with Crippen LogP contribution in [0.25, 0.3) is 0 Å². The van der Waals surface area contributed by atoms with Crippen LogP contribution in [-0.4, -0.2) is 42.1 Å². The third-order valence-corrected chi connectivity index (χ3v) is 6.70. The first-order chi connectivity index (χ1) is 8.91. The maximum absolute atomic E-state index is 11.8. The summed E-state index contributed by atoms with van der Waals surface area (Å²) in [4.78, 5) is 13.1. The highest BCUT2D eigenvalue weighted by Gasteiger charge is 2.39. The van der Waals surface area contributed by atoms with Crippen LogP contribution in [0.5, 0.6) is 0 Å². The Morgan fingerprint density at radius 2 is 2.26 bits per heavy atom. The Hall–Kier alpha value is -0.380. The van der Waals surface area contributed by atoms with Crippen LogP contribution in [0.3, 0.4) is 0 Å². The molecule has 19 heavy (non-hydrogen) atoms. The zero-order valence-corrected chi connectivity index (χ0v) is 13.3. The number of halogens is 1. The fourth-order valence-corrected chi connectivity index (χ4v) is 4.43. The molecule has 1 aliphatic heterocycles. The van der Waals surface area contributed by atoms with Gasteiger partial charge in [-0.05, 0) is 6.42 Å². The lowest BCUT2D eigenvalue weighted by molar-refractivity contribution is -0.117. The van der Waals surface area contributed by atoms with E-state index in [0.29, 0.717) is 5.13 Å². The summed E-state index contributed by atoms with van der Waals surface area (Å²) in [5, 5.41) is 7.48. The summed E-state index contributed by atoms with van der Waals surface area (Å²) < 4.78 is 23.3. The van der Waals surface area contributed by atoms with Crippen molar-refractivity contribution in [3.63, 3.8) is 0 Å². The Balaban J connectivity index is 2.10. The predicted octanol–water partition coefficient (Wildman–Crippen LogP) is 1.71. The van der Waals surface area contributed by atoms with E-state index < -0.39 is 14.3 Å². The van der Waals surface area contributed by atoms with Crippen LogP contribution in [0.15, 0.2) is 4.34 Å². The second-order valence-electron chi connectivity index (χ2n) is 4.01. The summed E-state index contributed by atoms with van der Waals surface area (Å²) in [6.07, 6.45) is 0.928. The maximum atomic E-state index is 11.8. The Kier molecular flexibility index (Phi) is 4.70. The molecule has 1 saturated heterocycles. The lowest BCUT2D eigenvalue weighted by Gasteiger charge is -2.10. The molecular weight excluding hydrogens is 330 g/mol. The van der Waals surface area contributed by atoms with Crippen LogP contribution in [-0.2, 0) is 13.8 Å². The van der Waals surface area contributed by atoms with Gasteiger partial charge in [0, 0.05) is 29.4 Å². The molecule has 0 bridgehead atoms. The number of rotatable bonds is 5. The molecule has 1 aliphatic rings. The molecule has 1 aromatic heterocycles. The van der Waals surface area contributed by atoms with E-state index >= 15 is 0 Å². The Bertz CT molecular complexity index is 574. The molecule has 1 aromatic rings. The molecule has 0 spiro atoms. The fraction of sp³-hybridized carbons (Fsp3) is 0.667. The van der Waals surface area contributed by atoms with Gasteiger partial charge in [0.2, 0.25) is 20.1 Å². The second-order valence-corrected chi connectivity index (χ2v) is 9.21. The van der Waals surface area contributed by atoms with Crippen molar-refractivity contribution in [1.29, 1.82) is 0 Å². The van der Waals surface area contributed by atoms with Crippen molar-refractivity contribution < 1.29 is 13.2 Å². The van der Waals surface area contributed by atoms with Gasteiger partial charge in [-0.15, -0.1) is 10.2 Å². The first-order valence-corrected chi connectivity index (χ1v) is 9.79. The number of hydrogen-bond donors (Lipinski definition) is 0. The maximum Gasteiger partial charge on any atom is 0.237 e. The highest BCUT2D eigenvalue weighted by Crippen LogP contribution is 2.32. The Morgan fingerprint density at radius 1 is 1.53 bits per heavy atom. The minimum Gasteiger partial charge on any atom is -0.285 e. The van der Waals surface area contributed by atoms with Crippen molar-refractivity contribution in [2.24, 2.45) is 0 Å². The monoisotopic (exact) mass is 341 g/mol. The summed E-state index contributed by atoms with van der Waals surface area (Å²) in [5.74, 6) is 0.652. The van der Waals surface area contributed by atoms with E-state index in [1.54, 1.807) is 11.8 Å². The number of nitrogens with zero attached hydrogens (tertiary/aromatic N) is 3. The molecule has 1 atom stereocenters. The van der Waals surface area contributed by atoms with Crippen molar-refractivity contribution in [3.8, 4) is 0 Å². The molecule has 106 valence electrons. The van der Waals surface area contributed by atoms with Gasteiger partial charge in [0.25, 0.3) is 0 Å². The molecule has 0 radical (unpaired) electrons. The lowest BCUT2D eigenvalue weighted by atomic mass is 10.4. The Labute approximate surface area is 124 Å². The molecule has 1 amide bonds. The molecule has 0 aromatic carbocycles. The van der Waals surface area contributed by atoms with Crippen LogP contribution in [0.4, 0.5) is 5.13 Å². The minimum atomic E-state index is -3.72.